The number of amides is 1. The highest BCUT2D eigenvalue weighted by Crippen LogP contribution is 2.29. The quantitative estimate of drug-likeness (QED) is 0.777. The Morgan fingerprint density at radius 1 is 1.48 bits per heavy atom. The molecule has 2 heterocycles. The first kappa shape index (κ1) is 14.9. The molecule has 1 aromatic heterocycles. The summed E-state index contributed by atoms with van der Waals surface area (Å²) in [4.78, 5) is 18.2. The number of carbonyl (C=O) groups excluding carboxylic acids is 1. The van der Waals surface area contributed by atoms with Crippen molar-refractivity contribution in [3.8, 4) is 0 Å². The number of hydrogen-bond acceptors (Lipinski definition) is 2. The monoisotopic (exact) mass is 369 g/mol. The maximum absolute atomic E-state index is 11.7. The molecule has 1 aromatic carbocycles. The molecule has 1 unspecified atom stereocenters. The summed E-state index contributed by atoms with van der Waals surface area (Å²) in [5, 5.41) is 0. The summed E-state index contributed by atoms with van der Waals surface area (Å²) in [5.41, 5.74) is 2.09. The molecule has 0 radical (unpaired) electrons. The lowest BCUT2D eigenvalue weighted by molar-refractivity contribution is -0.132. The number of aromatic nitrogens is 2. The van der Waals surface area contributed by atoms with Crippen molar-refractivity contribution in [2.24, 2.45) is 0 Å². The van der Waals surface area contributed by atoms with Crippen molar-refractivity contribution in [3.63, 3.8) is 0 Å². The molecule has 4 nitrogen and oxygen atoms in total. The van der Waals surface area contributed by atoms with Gasteiger partial charge in [-0.1, -0.05) is 15.9 Å². The lowest BCUT2D eigenvalue weighted by Gasteiger charge is -2.31. The summed E-state index contributed by atoms with van der Waals surface area (Å²) >= 11 is 9.42. The average molecular weight is 371 g/mol. The Morgan fingerprint density at radius 2 is 2.29 bits per heavy atom. The molecule has 1 fully saturated rings. The summed E-state index contributed by atoms with van der Waals surface area (Å²) in [6.07, 6.45) is 2.19. The van der Waals surface area contributed by atoms with E-state index in [-0.39, 0.29) is 11.9 Å². The second-order valence-electron chi connectivity index (χ2n) is 5.44. The Morgan fingerprint density at radius 3 is 3.00 bits per heavy atom. The number of imidazole rings is 1. The molecule has 6 heteroatoms. The Bertz CT molecular complexity index is 685. The van der Waals surface area contributed by atoms with Gasteiger partial charge in [0.2, 0.25) is 5.91 Å². The van der Waals surface area contributed by atoms with E-state index in [2.05, 4.69) is 26.6 Å². The zero-order chi connectivity index (χ0) is 15.0. The van der Waals surface area contributed by atoms with Crippen LogP contribution < -0.4 is 0 Å². The number of aryl methyl sites for hydroxylation is 1. The maximum atomic E-state index is 11.7. The molecule has 0 aliphatic carbocycles. The van der Waals surface area contributed by atoms with Crippen molar-refractivity contribution in [1.29, 1.82) is 0 Å². The van der Waals surface area contributed by atoms with Crippen molar-refractivity contribution in [1.82, 2.24) is 14.5 Å². The molecule has 2 aromatic rings. The van der Waals surface area contributed by atoms with Gasteiger partial charge < -0.3 is 9.47 Å². The number of fused-ring (bicyclic) bond motifs is 1. The molecule has 1 atom stereocenters. The van der Waals surface area contributed by atoms with Crippen LogP contribution in [0.2, 0.25) is 0 Å². The third-order valence-corrected chi connectivity index (χ3v) is 4.69. The van der Waals surface area contributed by atoms with Gasteiger partial charge in [0.1, 0.15) is 5.82 Å². The number of nitrogens with zero attached hydrogens (tertiary/aromatic N) is 3. The number of carbonyl (C=O) groups is 1. The molecule has 0 saturated carbocycles. The zero-order valence-electron chi connectivity index (χ0n) is 11.9. The van der Waals surface area contributed by atoms with E-state index < -0.39 is 0 Å². The molecular formula is C15H17BrClN3O. The molecule has 0 spiro atoms. The van der Waals surface area contributed by atoms with Crippen LogP contribution in [0.4, 0.5) is 0 Å². The predicted molar refractivity (Wildman–Crippen MR) is 87.8 cm³/mol. The predicted octanol–water partition coefficient (Wildman–Crippen LogP) is 3.37. The topological polar surface area (TPSA) is 38.1 Å². The number of rotatable bonds is 3. The first-order chi connectivity index (χ1) is 10.1. The van der Waals surface area contributed by atoms with Crippen LogP contribution in [0.1, 0.15) is 24.7 Å². The Hall–Kier alpha value is -1.07. The maximum Gasteiger partial charge on any atom is 0.222 e. The number of likely N-dealkylation sites (tertiary alicyclic amines) is 1. The number of piperidine rings is 1. The van der Waals surface area contributed by atoms with Crippen molar-refractivity contribution in [2.45, 2.75) is 25.3 Å². The van der Waals surface area contributed by atoms with Crippen LogP contribution >= 0.6 is 27.5 Å². The molecule has 1 amide bonds. The third kappa shape index (κ3) is 2.81. The highest BCUT2D eigenvalue weighted by molar-refractivity contribution is 9.10. The molecule has 1 saturated heterocycles. The van der Waals surface area contributed by atoms with Gasteiger partial charge >= 0.3 is 0 Å². The average Bonchev–Trinajstić information content (AvgIpc) is 2.79. The van der Waals surface area contributed by atoms with E-state index in [1.54, 1.807) is 0 Å². The summed E-state index contributed by atoms with van der Waals surface area (Å²) in [5.74, 6) is 1.77. The largest absolute Gasteiger partial charge is 0.344 e. The van der Waals surface area contributed by atoms with Crippen molar-refractivity contribution >= 4 is 44.5 Å². The normalized spacial score (nSPS) is 19.5. The van der Waals surface area contributed by atoms with E-state index in [1.165, 1.54) is 0 Å². The minimum atomic E-state index is 0.220. The third-order valence-electron chi connectivity index (χ3n) is 4.01. The van der Waals surface area contributed by atoms with Gasteiger partial charge in [0, 0.05) is 36.8 Å². The van der Waals surface area contributed by atoms with E-state index in [4.69, 9.17) is 16.6 Å². The fraction of sp³-hybridized carbons (Fsp3) is 0.467. The van der Waals surface area contributed by atoms with E-state index in [1.807, 2.05) is 24.1 Å². The first-order valence-electron chi connectivity index (χ1n) is 7.06. The fourth-order valence-electron chi connectivity index (χ4n) is 2.99. The molecular weight excluding hydrogens is 354 g/mol. The molecule has 3 rings (SSSR count). The number of hydrogen-bond donors (Lipinski definition) is 0. The van der Waals surface area contributed by atoms with Gasteiger partial charge in [0.05, 0.1) is 17.1 Å². The van der Waals surface area contributed by atoms with E-state index in [0.717, 1.165) is 40.7 Å². The van der Waals surface area contributed by atoms with Crippen LogP contribution in [0, 0.1) is 0 Å². The van der Waals surface area contributed by atoms with E-state index in [0.29, 0.717) is 12.3 Å². The minimum absolute atomic E-state index is 0.220. The minimum Gasteiger partial charge on any atom is -0.344 e. The van der Waals surface area contributed by atoms with Crippen LogP contribution in [0.5, 0.6) is 0 Å². The molecule has 0 bridgehead atoms. The smallest absolute Gasteiger partial charge is 0.222 e. The van der Waals surface area contributed by atoms with Gasteiger partial charge in [-0.3, -0.25) is 4.79 Å². The highest BCUT2D eigenvalue weighted by atomic mass is 79.9. The number of halogens is 2. The van der Waals surface area contributed by atoms with Crippen molar-refractivity contribution < 1.29 is 4.79 Å². The lowest BCUT2D eigenvalue weighted by atomic mass is 10.0. The van der Waals surface area contributed by atoms with Gasteiger partial charge in [-0.25, -0.2) is 4.98 Å². The van der Waals surface area contributed by atoms with Crippen LogP contribution in [-0.4, -0.2) is 39.8 Å². The number of alkyl halides is 1. The summed E-state index contributed by atoms with van der Waals surface area (Å²) in [6, 6.07) is 6.42. The van der Waals surface area contributed by atoms with Crippen LogP contribution in [0.3, 0.4) is 0 Å². The first-order valence-corrected chi connectivity index (χ1v) is 8.39. The highest BCUT2D eigenvalue weighted by Gasteiger charge is 2.27. The molecule has 0 N–H and O–H groups in total. The summed E-state index contributed by atoms with van der Waals surface area (Å²) in [7, 11) is 1.87. The van der Waals surface area contributed by atoms with Gasteiger partial charge in [0.25, 0.3) is 0 Å². The van der Waals surface area contributed by atoms with E-state index in [9.17, 15) is 4.79 Å². The van der Waals surface area contributed by atoms with Gasteiger partial charge in [-0.2, -0.15) is 0 Å². The zero-order valence-corrected chi connectivity index (χ0v) is 14.2. The SMILES string of the molecule is CN1CC(n2c(CCCl)nc3cc(Br)ccc32)CCC1=O. The molecule has 112 valence electrons. The lowest BCUT2D eigenvalue weighted by Crippen LogP contribution is -2.38. The summed E-state index contributed by atoms with van der Waals surface area (Å²) in [6.45, 7) is 0.732. The van der Waals surface area contributed by atoms with Gasteiger partial charge in [-0.05, 0) is 24.6 Å². The van der Waals surface area contributed by atoms with Crippen molar-refractivity contribution in [3.05, 3.63) is 28.5 Å². The number of likely N-dealkylation sites (N-methyl/N-ethyl adjacent to an activating group) is 1. The number of benzene rings is 1. The van der Waals surface area contributed by atoms with Crippen LogP contribution in [-0.2, 0) is 11.2 Å². The fourth-order valence-corrected chi connectivity index (χ4v) is 3.51. The Kier molecular flexibility index (Phi) is 4.22. The second-order valence-corrected chi connectivity index (χ2v) is 6.73. The van der Waals surface area contributed by atoms with Crippen molar-refractivity contribution in [2.75, 3.05) is 19.5 Å². The van der Waals surface area contributed by atoms with Gasteiger partial charge in [-0.15, -0.1) is 11.6 Å². The Balaban J connectivity index is 2.06. The van der Waals surface area contributed by atoms with E-state index >= 15 is 0 Å². The molecule has 1 aliphatic rings. The molecule has 1 aliphatic heterocycles. The van der Waals surface area contributed by atoms with Gasteiger partial charge in [0.15, 0.2) is 0 Å². The Labute approximate surface area is 137 Å². The summed E-state index contributed by atoms with van der Waals surface area (Å²) < 4.78 is 3.29. The molecule has 21 heavy (non-hydrogen) atoms. The standard InChI is InChI=1S/C15H17BrClN3O/c1-19-9-11(3-5-15(19)21)20-13-4-2-10(16)8-12(13)18-14(20)6-7-17/h2,4,8,11H,3,5-7,9H2,1H3. The van der Waals surface area contributed by atoms with Crippen LogP contribution in [0.15, 0.2) is 22.7 Å². The van der Waals surface area contributed by atoms with Crippen LogP contribution in [0.25, 0.3) is 11.0 Å². The second kappa shape index (κ2) is 5.97.